The van der Waals surface area contributed by atoms with Crippen LogP contribution in [0.2, 0.25) is 0 Å². The molecule has 0 saturated heterocycles. The van der Waals surface area contributed by atoms with Crippen molar-refractivity contribution in [3.8, 4) is 5.75 Å². The van der Waals surface area contributed by atoms with E-state index >= 15 is 0 Å². The lowest BCUT2D eigenvalue weighted by Gasteiger charge is -2.21. The lowest BCUT2D eigenvalue weighted by molar-refractivity contribution is 0.414. The summed E-state index contributed by atoms with van der Waals surface area (Å²) in [6.45, 7) is 0.833. The molecule has 0 amide bonds. The number of fused-ring (bicyclic) bond motifs is 1. The summed E-state index contributed by atoms with van der Waals surface area (Å²) in [5.74, 6) is 0.827. The van der Waals surface area contributed by atoms with Crippen LogP contribution in [0.1, 0.15) is 0 Å². The fraction of sp³-hybridized carbons (Fsp3) is 0.182. The average Bonchev–Trinajstić information content (AvgIpc) is 2.97. The molecule has 0 spiro atoms. The Morgan fingerprint density at radius 1 is 1.44 bits per heavy atom. The molecule has 1 aliphatic heterocycles. The van der Waals surface area contributed by atoms with Crippen LogP contribution in [0.15, 0.2) is 30.6 Å². The van der Waals surface area contributed by atoms with Crippen LogP contribution in [0.25, 0.3) is 10.9 Å². The number of nitrogens with zero attached hydrogens (tertiary/aromatic N) is 2. The number of anilines is 1. The first kappa shape index (κ1) is 9.08. The van der Waals surface area contributed by atoms with Gasteiger partial charge < -0.3 is 10.2 Å². The topological polar surface area (TPSA) is 53.2 Å². The Hall–Kier alpha value is -2.17. The average molecular weight is 216 g/mol. The third kappa shape index (κ3) is 1.29. The van der Waals surface area contributed by atoms with Gasteiger partial charge in [-0.1, -0.05) is 0 Å². The Bertz CT molecular complexity index is 538. The molecule has 0 fully saturated rings. The van der Waals surface area contributed by atoms with E-state index in [0.717, 1.165) is 28.9 Å². The number of nitrogens with one attached hydrogen (secondary N) is 2. The van der Waals surface area contributed by atoms with E-state index in [9.17, 15) is 0 Å². The molecule has 0 bridgehead atoms. The van der Waals surface area contributed by atoms with E-state index in [-0.39, 0.29) is 0 Å². The fourth-order valence-corrected chi connectivity index (χ4v) is 1.86. The first-order valence-electron chi connectivity index (χ1n) is 5.08. The molecule has 0 unspecified atom stereocenters. The zero-order valence-corrected chi connectivity index (χ0v) is 8.90. The molecule has 2 heterocycles. The number of H-pyrrole nitrogens is 1. The quantitative estimate of drug-likeness (QED) is 0.797. The molecule has 3 rings (SSSR count). The zero-order valence-electron chi connectivity index (χ0n) is 8.90. The van der Waals surface area contributed by atoms with Crippen molar-refractivity contribution in [2.24, 2.45) is 0 Å². The van der Waals surface area contributed by atoms with E-state index in [1.54, 1.807) is 7.11 Å². The zero-order chi connectivity index (χ0) is 11.0. The number of hydrogen-bond acceptors (Lipinski definition) is 4. The van der Waals surface area contributed by atoms with Crippen molar-refractivity contribution in [2.45, 2.75) is 0 Å². The molecule has 5 heteroatoms. The Morgan fingerprint density at radius 3 is 3.12 bits per heavy atom. The summed E-state index contributed by atoms with van der Waals surface area (Å²) in [7, 11) is 1.67. The third-order valence-corrected chi connectivity index (χ3v) is 2.67. The molecule has 0 radical (unpaired) electrons. The second-order valence-corrected chi connectivity index (χ2v) is 3.62. The predicted octanol–water partition coefficient (Wildman–Crippen LogP) is 1.41. The van der Waals surface area contributed by atoms with E-state index in [1.165, 1.54) is 0 Å². The highest BCUT2D eigenvalue weighted by molar-refractivity contribution is 5.85. The van der Waals surface area contributed by atoms with Gasteiger partial charge in [-0.15, -0.1) is 0 Å². The predicted molar refractivity (Wildman–Crippen MR) is 62.3 cm³/mol. The van der Waals surface area contributed by atoms with Crippen molar-refractivity contribution in [3.05, 3.63) is 30.6 Å². The molecule has 1 aromatic heterocycles. The first-order valence-corrected chi connectivity index (χ1v) is 5.08. The number of ether oxygens (including phenoxy) is 1. The van der Waals surface area contributed by atoms with E-state index in [2.05, 4.69) is 27.8 Å². The van der Waals surface area contributed by atoms with Gasteiger partial charge in [0, 0.05) is 17.7 Å². The Balaban J connectivity index is 2.12. The first-order chi connectivity index (χ1) is 7.88. The summed E-state index contributed by atoms with van der Waals surface area (Å²) in [4.78, 5) is 0. The van der Waals surface area contributed by atoms with Crippen LogP contribution < -0.4 is 15.2 Å². The molecule has 16 heavy (non-hydrogen) atoms. The summed E-state index contributed by atoms with van der Waals surface area (Å²) in [6, 6.07) is 4.01. The molecule has 82 valence electrons. The van der Waals surface area contributed by atoms with Gasteiger partial charge in [0.2, 0.25) is 0 Å². The molecular weight excluding hydrogens is 204 g/mol. The third-order valence-electron chi connectivity index (χ3n) is 2.67. The highest BCUT2D eigenvalue weighted by atomic mass is 16.5. The fourth-order valence-electron chi connectivity index (χ4n) is 1.86. The van der Waals surface area contributed by atoms with Crippen molar-refractivity contribution in [1.29, 1.82) is 0 Å². The van der Waals surface area contributed by atoms with E-state index in [0.29, 0.717) is 0 Å². The van der Waals surface area contributed by atoms with Gasteiger partial charge in [0.05, 0.1) is 25.4 Å². The smallest absolute Gasteiger partial charge is 0.146 e. The lowest BCUT2D eigenvalue weighted by Crippen LogP contribution is -2.29. The van der Waals surface area contributed by atoms with Crippen LogP contribution in [0, 0.1) is 0 Å². The van der Waals surface area contributed by atoms with E-state index in [4.69, 9.17) is 4.74 Å². The molecular formula is C11H12N4O. The van der Waals surface area contributed by atoms with Gasteiger partial charge >= 0.3 is 0 Å². The summed E-state index contributed by atoms with van der Waals surface area (Å²) in [5.41, 5.74) is 5.14. The van der Waals surface area contributed by atoms with E-state index in [1.807, 2.05) is 23.5 Å². The molecule has 1 aliphatic rings. The van der Waals surface area contributed by atoms with Crippen LogP contribution in [0.4, 0.5) is 5.69 Å². The van der Waals surface area contributed by atoms with Gasteiger partial charge in [0.25, 0.3) is 0 Å². The molecule has 0 atom stereocenters. The highest BCUT2D eigenvalue weighted by Gasteiger charge is 2.14. The van der Waals surface area contributed by atoms with Gasteiger partial charge in [-0.3, -0.25) is 10.1 Å². The minimum atomic E-state index is 0.827. The standard InChI is InChI=1S/C11H12N4O/c1-16-11-6-9-8(7-12-14-9)5-10(11)15-4-2-3-13-15/h2-3,5-7,13H,4H2,1H3,(H,12,14). The maximum Gasteiger partial charge on any atom is 0.146 e. The van der Waals surface area contributed by atoms with Crippen molar-refractivity contribution in [1.82, 2.24) is 15.6 Å². The number of aromatic nitrogens is 2. The number of rotatable bonds is 2. The van der Waals surface area contributed by atoms with Crippen molar-refractivity contribution in [2.75, 3.05) is 18.7 Å². The van der Waals surface area contributed by atoms with Gasteiger partial charge in [-0.05, 0) is 12.1 Å². The second kappa shape index (κ2) is 3.44. The summed E-state index contributed by atoms with van der Waals surface area (Å²) in [6.07, 6.45) is 5.78. The molecule has 2 N–H and O–H groups in total. The molecule has 0 aliphatic carbocycles. The monoisotopic (exact) mass is 216 g/mol. The minimum Gasteiger partial charge on any atom is -0.494 e. The summed E-state index contributed by atoms with van der Waals surface area (Å²) < 4.78 is 5.38. The van der Waals surface area contributed by atoms with Crippen LogP contribution in [-0.4, -0.2) is 23.9 Å². The number of methoxy groups -OCH3 is 1. The van der Waals surface area contributed by atoms with Gasteiger partial charge in [0.15, 0.2) is 0 Å². The van der Waals surface area contributed by atoms with Gasteiger partial charge in [0.1, 0.15) is 11.4 Å². The SMILES string of the molecule is COc1cc2[nH]ncc2cc1N1CC=CN1. The largest absolute Gasteiger partial charge is 0.494 e. The second-order valence-electron chi connectivity index (χ2n) is 3.62. The van der Waals surface area contributed by atoms with Gasteiger partial charge in [-0.25, -0.2) is 0 Å². The van der Waals surface area contributed by atoms with Crippen LogP contribution in [0.5, 0.6) is 5.75 Å². The van der Waals surface area contributed by atoms with Gasteiger partial charge in [-0.2, -0.15) is 5.10 Å². The lowest BCUT2D eigenvalue weighted by atomic mass is 10.2. The molecule has 1 aromatic carbocycles. The number of hydrogen-bond donors (Lipinski definition) is 2. The minimum absolute atomic E-state index is 0.827. The summed E-state index contributed by atoms with van der Waals surface area (Å²) in [5, 5.41) is 10.0. The normalized spacial score (nSPS) is 14.4. The summed E-state index contributed by atoms with van der Waals surface area (Å²) >= 11 is 0. The number of benzene rings is 1. The van der Waals surface area contributed by atoms with Crippen molar-refractivity contribution < 1.29 is 4.74 Å². The Morgan fingerprint density at radius 2 is 2.38 bits per heavy atom. The highest BCUT2D eigenvalue weighted by Crippen LogP contribution is 2.32. The van der Waals surface area contributed by atoms with Crippen LogP contribution >= 0.6 is 0 Å². The Kier molecular flexibility index (Phi) is 1.96. The van der Waals surface area contributed by atoms with E-state index < -0.39 is 0 Å². The maximum atomic E-state index is 5.38. The van der Waals surface area contributed by atoms with Crippen LogP contribution in [-0.2, 0) is 0 Å². The van der Waals surface area contributed by atoms with Crippen molar-refractivity contribution >= 4 is 16.6 Å². The Labute approximate surface area is 92.7 Å². The molecule has 0 saturated carbocycles. The number of hydrazine groups is 1. The molecule has 2 aromatic rings. The van der Waals surface area contributed by atoms with Crippen molar-refractivity contribution in [3.63, 3.8) is 0 Å². The molecule has 5 nitrogen and oxygen atoms in total. The maximum absolute atomic E-state index is 5.38. The number of aromatic amines is 1. The van der Waals surface area contributed by atoms with Crippen LogP contribution in [0.3, 0.4) is 0 Å².